The second kappa shape index (κ2) is 5.12. The molecule has 0 saturated heterocycles. The van der Waals surface area contributed by atoms with Gasteiger partial charge in [0.25, 0.3) is 0 Å². The Labute approximate surface area is 99.0 Å². The van der Waals surface area contributed by atoms with Crippen LogP contribution in [0.15, 0.2) is 30.3 Å². The van der Waals surface area contributed by atoms with Gasteiger partial charge in [-0.15, -0.1) is 0 Å². The van der Waals surface area contributed by atoms with Crippen LogP contribution in [0.4, 0.5) is 0 Å². The van der Waals surface area contributed by atoms with E-state index < -0.39 is 0 Å². The van der Waals surface area contributed by atoms with Gasteiger partial charge in [-0.2, -0.15) is 0 Å². The Hall–Kier alpha value is -0.0900. The number of benzene rings is 1. The standard InChI is InChI=1S/C12H15IO/c13-9-12(14-11-7-4-8-11)10-5-2-1-3-6-10/h1-3,5-6,11-12H,4,7-9H2. The van der Waals surface area contributed by atoms with E-state index >= 15 is 0 Å². The summed E-state index contributed by atoms with van der Waals surface area (Å²) in [5.74, 6) is 0. The molecular formula is C12H15IO. The fourth-order valence-corrected chi connectivity index (χ4v) is 2.33. The Bertz CT molecular complexity index is 269. The zero-order chi connectivity index (χ0) is 9.80. The largest absolute Gasteiger partial charge is 0.369 e. The first-order chi connectivity index (χ1) is 6.90. The van der Waals surface area contributed by atoms with Gasteiger partial charge < -0.3 is 4.74 Å². The van der Waals surface area contributed by atoms with Gasteiger partial charge in [0.1, 0.15) is 0 Å². The normalized spacial score (nSPS) is 18.9. The van der Waals surface area contributed by atoms with E-state index in [1.165, 1.54) is 24.8 Å². The lowest BCUT2D eigenvalue weighted by Gasteiger charge is -2.30. The Morgan fingerprint density at radius 1 is 1.29 bits per heavy atom. The van der Waals surface area contributed by atoms with Gasteiger partial charge in [0, 0.05) is 4.43 Å². The van der Waals surface area contributed by atoms with Crippen LogP contribution in [-0.2, 0) is 4.74 Å². The van der Waals surface area contributed by atoms with Gasteiger partial charge in [-0.1, -0.05) is 52.9 Å². The van der Waals surface area contributed by atoms with Crippen LogP contribution >= 0.6 is 22.6 Å². The molecule has 0 spiro atoms. The Morgan fingerprint density at radius 3 is 2.50 bits per heavy atom. The highest BCUT2D eigenvalue weighted by atomic mass is 127. The smallest absolute Gasteiger partial charge is 0.0918 e. The third-order valence-electron chi connectivity index (χ3n) is 2.72. The maximum absolute atomic E-state index is 6.01. The minimum atomic E-state index is 0.294. The van der Waals surface area contributed by atoms with Gasteiger partial charge in [0.2, 0.25) is 0 Å². The van der Waals surface area contributed by atoms with E-state index in [9.17, 15) is 0 Å². The molecule has 0 aliphatic heterocycles. The van der Waals surface area contributed by atoms with Crippen molar-refractivity contribution in [2.24, 2.45) is 0 Å². The van der Waals surface area contributed by atoms with Crippen LogP contribution in [0.25, 0.3) is 0 Å². The van der Waals surface area contributed by atoms with Crippen LogP contribution in [0, 0.1) is 0 Å². The van der Waals surface area contributed by atoms with Crippen molar-refractivity contribution >= 4 is 22.6 Å². The van der Waals surface area contributed by atoms with Crippen LogP contribution < -0.4 is 0 Å². The molecule has 0 N–H and O–H groups in total. The average molecular weight is 302 g/mol. The molecule has 2 heteroatoms. The highest BCUT2D eigenvalue weighted by Gasteiger charge is 2.22. The first-order valence-electron chi connectivity index (χ1n) is 5.16. The minimum Gasteiger partial charge on any atom is -0.369 e. The Balaban J connectivity index is 1.98. The van der Waals surface area contributed by atoms with Crippen LogP contribution in [0.5, 0.6) is 0 Å². The summed E-state index contributed by atoms with van der Waals surface area (Å²) in [5, 5.41) is 0. The predicted molar refractivity (Wildman–Crippen MR) is 66.8 cm³/mol. The summed E-state index contributed by atoms with van der Waals surface area (Å²) in [6.07, 6.45) is 4.66. The van der Waals surface area contributed by atoms with Gasteiger partial charge in [-0.05, 0) is 24.8 Å². The molecule has 1 aromatic carbocycles. The van der Waals surface area contributed by atoms with Crippen LogP contribution in [0.1, 0.15) is 30.9 Å². The van der Waals surface area contributed by atoms with E-state index in [-0.39, 0.29) is 0 Å². The van der Waals surface area contributed by atoms with Crippen molar-refractivity contribution in [3.63, 3.8) is 0 Å². The van der Waals surface area contributed by atoms with Gasteiger partial charge in [-0.25, -0.2) is 0 Å². The molecule has 1 unspecified atom stereocenters. The first-order valence-corrected chi connectivity index (χ1v) is 6.69. The second-order valence-corrected chi connectivity index (χ2v) is 4.62. The zero-order valence-electron chi connectivity index (χ0n) is 8.16. The van der Waals surface area contributed by atoms with E-state index in [0.717, 1.165) is 4.43 Å². The third-order valence-corrected chi connectivity index (χ3v) is 3.52. The van der Waals surface area contributed by atoms with Crippen molar-refractivity contribution in [3.8, 4) is 0 Å². The molecule has 0 aromatic heterocycles. The number of rotatable bonds is 4. The summed E-state index contributed by atoms with van der Waals surface area (Å²) in [4.78, 5) is 0. The fourth-order valence-electron chi connectivity index (χ4n) is 1.61. The summed E-state index contributed by atoms with van der Waals surface area (Å²) in [6.45, 7) is 0. The minimum absolute atomic E-state index is 0.294. The van der Waals surface area contributed by atoms with Gasteiger partial charge in [0.05, 0.1) is 12.2 Å². The number of ether oxygens (including phenoxy) is 1. The number of hydrogen-bond acceptors (Lipinski definition) is 1. The van der Waals surface area contributed by atoms with E-state index in [0.29, 0.717) is 12.2 Å². The zero-order valence-corrected chi connectivity index (χ0v) is 10.3. The monoisotopic (exact) mass is 302 g/mol. The molecule has 1 saturated carbocycles. The number of alkyl halides is 1. The fraction of sp³-hybridized carbons (Fsp3) is 0.500. The lowest BCUT2D eigenvalue weighted by molar-refractivity contribution is -0.0411. The molecule has 76 valence electrons. The molecule has 0 bridgehead atoms. The molecule has 0 amide bonds. The van der Waals surface area contributed by atoms with E-state index in [2.05, 4.69) is 52.9 Å². The lowest BCUT2D eigenvalue weighted by Crippen LogP contribution is -2.24. The third kappa shape index (κ3) is 2.48. The highest BCUT2D eigenvalue weighted by molar-refractivity contribution is 14.1. The van der Waals surface area contributed by atoms with Crippen molar-refractivity contribution in [3.05, 3.63) is 35.9 Å². The van der Waals surface area contributed by atoms with Gasteiger partial charge >= 0.3 is 0 Å². The SMILES string of the molecule is ICC(OC1CCC1)c1ccccc1. The molecule has 1 aliphatic carbocycles. The van der Waals surface area contributed by atoms with Crippen LogP contribution in [-0.4, -0.2) is 10.5 Å². The van der Waals surface area contributed by atoms with E-state index in [1.807, 2.05) is 0 Å². The maximum atomic E-state index is 6.01. The summed E-state index contributed by atoms with van der Waals surface area (Å²) >= 11 is 2.40. The van der Waals surface area contributed by atoms with Gasteiger partial charge in [0.15, 0.2) is 0 Å². The van der Waals surface area contributed by atoms with Crippen molar-refractivity contribution in [1.82, 2.24) is 0 Å². The molecule has 14 heavy (non-hydrogen) atoms. The Morgan fingerprint density at radius 2 is 2.00 bits per heavy atom. The number of hydrogen-bond donors (Lipinski definition) is 0. The predicted octanol–water partition coefficient (Wildman–Crippen LogP) is 3.73. The van der Waals surface area contributed by atoms with E-state index in [1.54, 1.807) is 0 Å². The first kappa shape index (κ1) is 10.4. The quantitative estimate of drug-likeness (QED) is 0.608. The lowest BCUT2D eigenvalue weighted by atomic mass is 9.96. The van der Waals surface area contributed by atoms with Crippen LogP contribution in [0.3, 0.4) is 0 Å². The molecular weight excluding hydrogens is 287 g/mol. The topological polar surface area (TPSA) is 9.23 Å². The molecule has 1 fully saturated rings. The molecule has 1 nitrogen and oxygen atoms in total. The Kier molecular flexibility index (Phi) is 3.81. The van der Waals surface area contributed by atoms with Crippen molar-refractivity contribution < 1.29 is 4.74 Å². The van der Waals surface area contributed by atoms with Crippen molar-refractivity contribution in [1.29, 1.82) is 0 Å². The van der Waals surface area contributed by atoms with Crippen LogP contribution in [0.2, 0.25) is 0 Å². The van der Waals surface area contributed by atoms with Gasteiger partial charge in [-0.3, -0.25) is 0 Å². The molecule has 1 aliphatic rings. The highest BCUT2D eigenvalue weighted by Crippen LogP contribution is 2.29. The summed E-state index contributed by atoms with van der Waals surface area (Å²) < 4.78 is 7.05. The maximum Gasteiger partial charge on any atom is 0.0918 e. The van der Waals surface area contributed by atoms with Crippen molar-refractivity contribution in [2.75, 3.05) is 4.43 Å². The molecule has 0 radical (unpaired) electrons. The average Bonchev–Trinajstić information content (AvgIpc) is 2.18. The van der Waals surface area contributed by atoms with E-state index in [4.69, 9.17) is 4.74 Å². The summed E-state index contributed by atoms with van der Waals surface area (Å²) in [7, 11) is 0. The molecule has 2 rings (SSSR count). The number of halogens is 1. The summed E-state index contributed by atoms with van der Waals surface area (Å²) in [5.41, 5.74) is 1.31. The molecule has 1 aromatic rings. The molecule has 0 heterocycles. The summed E-state index contributed by atoms with van der Waals surface area (Å²) in [6, 6.07) is 10.5. The van der Waals surface area contributed by atoms with Crippen molar-refractivity contribution in [2.45, 2.75) is 31.5 Å². The molecule has 1 atom stereocenters. The second-order valence-electron chi connectivity index (χ2n) is 3.74.